The second kappa shape index (κ2) is 9.62. The lowest BCUT2D eigenvalue weighted by Crippen LogP contribution is -2.32. The number of carbonyl (C=O) groups excluding carboxylic acids is 2. The standard InChI is InChI=1S/C23H21F3N4O2S/c24-23(25,26)16-9-7-15(8-10-16)21-27-17(14-33-21)13-20(31)28-18-5-1-2-6-19(18)29-22(32)30-11-3-4-12-30/h1-2,5-10,14H,3-4,11-13H2,(H,28,31)(H,29,32). The molecular formula is C23H21F3N4O2S. The van der Waals surface area contributed by atoms with Crippen molar-refractivity contribution in [1.82, 2.24) is 9.88 Å². The smallest absolute Gasteiger partial charge is 0.325 e. The number of halogens is 3. The topological polar surface area (TPSA) is 74.3 Å². The Balaban J connectivity index is 1.39. The molecule has 0 bridgehead atoms. The fraction of sp³-hybridized carbons (Fsp3) is 0.261. The number of benzene rings is 2. The van der Waals surface area contributed by atoms with Crippen molar-refractivity contribution in [3.63, 3.8) is 0 Å². The third-order valence-electron chi connectivity index (χ3n) is 5.19. The quantitative estimate of drug-likeness (QED) is 0.503. The molecule has 2 heterocycles. The summed E-state index contributed by atoms with van der Waals surface area (Å²) in [7, 11) is 0. The number of carbonyl (C=O) groups is 2. The van der Waals surface area contributed by atoms with Crippen LogP contribution in [0.15, 0.2) is 53.9 Å². The van der Waals surface area contributed by atoms with Gasteiger partial charge in [-0.2, -0.15) is 13.2 Å². The molecule has 6 nitrogen and oxygen atoms in total. The number of nitrogens with zero attached hydrogens (tertiary/aromatic N) is 2. The lowest BCUT2D eigenvalue weighted by molar-refractivity contribution is -0.137. The van der Waals surface area contributed by atoms with Gasteiger partial charge >= 0.3 is 12.2 Å². The van der Waals surface area contributed by atoms with Crippen molar-refractivity contribution >= 4 is 34.6 Å². The van der Waals surface area contributed by atoms with Crippen molar-refractivity contribution in [3.8, 4) is 10.6 Å². The van der Waals surface area contributed by atoms with Gasteiger partial charge in [-0.15, -0.1) is 11.3 Å². The molecule has 1 saturated heterocycles. The van der Waals surface area contributed by atoms with Crippen LogP contribution in [0.25, 0.3) is 10.6 Å². The number of amides is 3. The molecule has 0 aliphatic carbocycles. The highest BCUT2D eigenvalue weighted by Gasteiger charge is 2.30. The van der Waals surface area contributed by atoms with Crippen LogP contribution in [0.3, 0.4) is 0 Å². The average molecular weight is 475 g/mol. The first kappa shape index (κ1) is 22.8. The van der Waals surface area contributed by atoms with Crippen LogP contribution in [0.4, 0.5) is 29.3 Å². The molecule has 172 valence electrons. The number of hydrogen-bond acceptors (Lipinski definition) is 4. The van der Waals surface area contributed by atoms with E-state index in [2.05, 4.69) is 15.6 Å². The molecule has 2 aromatic carbocycles. The van der Waals surface area contributed by atoms with Crippen LogP contribution in [-0.2, 0) is 17.4 Å². The van der Waals surface area contributed by atoms with Crippen LogP contribution in [0.2, 0.25) is 0 Å². The van der Waals surface area contributed by atoms with Gasteiger partial charge in [0.25, 0.3) is 0 Å². The van der Waals surface area contributed by atoms with E-state index in [-0.39, 0.29) is 18.4 Å². The molecule has 1 fully saturated rings. The van der Waals surface area contributed by atoms with Gasteiger partial charge in [0.2, 0.25) is 5.91 Å². The highest BCUT2D eigenvalue weighted by Crippen LogP contribution is 2.32. The van der Waals surface area contributed by atoms with Gasteiger partial charge in [-0.25, -0.2) is 9.78 Å². The Morgan fingerprint density at radius 1 is 0.970 bits per heavy atom. The molecule has 0 unspecified atom stereocenters. The SMILES string of the molecule is O=C(Cc1csc(-c2ccc(C(F)(F)F)cc2)n1)Nc1ccccc1NC(=O)N1CCCC1. The van der Waals surface area contributed by atoms with Gasteiger partial charge in [-0.05, 0) is 37.1 Å². The first-order chi connectivity index (χ1) is 15.8. The van der Waals surface area contributed by atoms with E-state index in [4.69, 9.17) is 0 Å². The predicted molar refractivity (Wildman–Crippen MR) is 121 cm³/mol. The predicted octanol–water partition coefficient (Wildman–Crippen LogP) is 5.64. The fourth-order valence-electron chi connectivity index (χ4n) is 3.50. The monoisotopic (exact) mass is 474 g/mol. The minimum Gasteiger partial charge on any atom is -0.325 e. The third kappa shape index (κ3) is 5.70. The van der Waals surface area contributed by atoms with E-state index in [1.165, 1.54) is 23.5 Å². The van der Waals surface area contributed by atoms with Gasteiger partial charge in [-0.3, -0.25) is 4.79 Å². The molecule has 0 radical (unpaired) electrons. The molecule has 0 atom stereocenters. The van der Waals surface area contributed by atoms with Gasteiger partial charge in [-0.1, -0.05) is 24.3 Å². The summed E-state index contributed by atoms with van der Waals surface area (Å²) in [5.41, 5.74) is 1.32. The first-order valence-corrected chi connectivity index (χ1v) is 11.2. The summed E-state index contributed by atoms with van der Waals surface area (Å²) >= 11 is 1.26. The first-order valence-electron chi connectivity index (χ1n) is 10.4. The summed E-state index contributed by atoms with van der Waals surface area (Å²) in [6, 6.07) is 11.5. The lowest BCUT2D eigenvalue weighted by Gasteiger charge is -2.18. The maximum absolute atomic E-state index is 12.7. The number of anilines is 2. The molecule has 2 N–H and O–H groups in total. The van der Waals surface area contributed by atoms with Gasteiger partial charge in [0.1, 0.15) is 5.01 Å². The molecule has 0 spiro atoms. The second-order valence-corrected chi connectivity index (χ2v) is 8.47. The van der Waals surface area contributed by atoms with Crippen LogP contribution < -0.4 is 10.6 Å². The molecule has 10 heteroatoms. The second-order valence-electron chi connectivity index (χ2n) is 7.61. The molecule has 33 heavy (non-hydrogen) atoms. The Bertz CT molecular complexity index is 1140. The maximum atomic E-state index is 12.7. The van der Waals surface area contributed by atoms with Crippen LogP contribution in [0.1, 0.15) is 24.1 Å². The number of likely N-dealkylation sites (tertiary alicyclic amines) is 1. The number of hydrogen-bond donors (Lipinski definition) is 2. The molecular weight excluding hydrogens is 453 g/mol. The van der Waals surface area contributed by atoms with Gasteiger partial charge in [0.15, 0.2) is 0 Å². The Kier molecular flexibility index (Phi) is 6.64. The summed E-state index contributed by atoms with van der Waals surface area (Å²) in [5, 5.41) is 7.87. The summed E-state index contributed by atoms with van der Waals surface area (Å²) < 4.78 is 38.2. The number of thiazole rings is 1. The van der Waals surface area contributed by atoms with Crippen LogP contribution in [-0.4, -0.2) is 34.9 Å². The molecule has 1 aliphatic rings. The zero-order chi connectivity index (χ0) is 23.4. The Hall–Kier alpha value is -3.40. The largest absolute Gasteiger partial charge is 0.416 e. The number of nitrogens with one attached hydrogen (secondary N) is 2. The molecule has 1 aliphatic heterocycles. The Labute approximate surface area is 192 Å². The van der Waals surface area contributed by atoms with Crippen molar-refractivity contribution in [2.45, 2.75) is 25.4 Å². The number of para-hydroxylation sites is 2. The highest BCUT2D eigenvalue weighted by atomic mass is 32.1. The fourth-order valence-corrected chi connectivity index (χ4v) is 4.32. The van der Waals surface area contributed by atoms with Crippen LogP contribution >= 0.6 is 11.3 Å². The van der Waals surface area contributed by atoms with Crippen molar-refractivity contribution in [3.05, 3.63) is 65.2 Å². The lowest BCUT2D eigenvalue weighted by atomic mass is 10.1. The summed E-state index contributed by atoms with van der Waals surface area (Å²) in [6.07, 6.45) is -2.44. The molecule has 0 saturated carbocycles. The summed E-state index contributed by atoms with van der Waals surface area (Å²) in [5.74, 6) is -0.317. The highest BCUT2D eigenvalue weighted by molar-refractivity contribution is 7.13. The molecule has 3 amide bonds. The van der Waals surface area contributed by atoms with E-state index in [9.17, 15) is 22.8 Å². The van der Waals surface area contributed by atoms with E-state index in [1.54, 1.807) is 34.5 Å². The molecule has 1 aromatic heterocycles. The Morgan fingerprint density at radius 2 is 1.61 bits per heavy atom. The normalized spacial score (nSPS) is 13.7. The van der Waals surface area contributed by atoms with E-state index < -0.39 is 11.7 Å². The molecule has 3 aromatic rings. The number of aromatic nitrogens is 1. The number of alkyl halides is 3. The molecule has 4 rings (SSSR count). The minimum absolute atomic E-state index is 0.00839. The third-order valence-corrected chi connectivity index (χ3v) is 6.13. The van der Waals surface area contributed by atoms with E-state index in [0.717, 1.165) is 25.0 Å². The average Bonchev–Trinajstić information content (AvgIpc) is 3.47. The summed E-state index contributed by atoms with van der Waals surface area (Å²) in [6.45, 7) is 1.43. The van der Waals surface area contributed by atoms with Crippen LogP contribution in [0.5, 0.6) is 0 Å². The van der Waals surface area contributed by atoms with Crippen molar-refractivity contribution in [1.29, 1.82) is 0 Å². The minimum atomic E-state index is -4.39. The Morgan fingerprint density at radius 3 is 2.24 bits per heavy atom. The number of urea groups is 1. The van der Waals surface area contributed by atoms with Gasteiger partial charge in [0, 0.05) is 24.0 Å². The van der Waals surface area contributed by atoms with Crippen molar-refractivity contribution in [2.24, 2.45) is 0 Å². The maximum Gasteiger partial charge on any atom is 0.416 e. The zero-order valence-corrected chi connectivity index (χ0v) is 18.3. The zero-order valence-electron chi connectivity index (χ0n) is 17.5. The van der Waals surface area contributed by atoms with Crippen LogP contribution in [0, 0.1) is 0 Å². The van der Waals surface area contributed by atoms with Crippen molar-refractivity contribution < 1.29 is 22.8 Å². The number of rotatable bonds is 5. The van der Waals surface area contributed by atoms with E-state index in [1.807, 2.05) is 0 Å². The van der Waals surface area contributed by atoms with Gasteiger partial charge < -0.3 is 15.5 Å². The van der Waals surface area contributed by atoms with Crippen molar-refractivity contribution in [2.75, 3.05) is 23.7 Å². The van der Waals surface area contributed by atoms with E-state index in [0.29, 0.717) is 40.7 Å². The van der Waals surface area contributed by atoms with E-state index >= 15 is 0 Å². The van der Waals surface area contributed by atoms with Gasteiger partial charge in [0.05, 0.1) is 29.1 Å². The summed E-state index contributed by atoms with van der Waals surface area (Å²) in [4.78, 5) is 31.1.